The van der Waals surface area contributed by atoms with Gasteiger partial charge in [0.15, 0.2) is 0 Å². The number of anilines is 3. The fourth-order valence-corrected chi connectivity index (χ4v) is 19.6. The lowest BCUT2D eigenvalue weighted by Gasteiger charge is -2.43. The van der Waals surface area contributed by atoms with Gasteiger partial charge in [-0.2, -0.15) is 0 Å². The summed E-state index contributed by atoms with van der Waals surface area (Å²) < 4.78 is 14.4. The summed E-state index contributed by atoms with van der Waals surface area (Å²) in [7, 11) is 0. The van der Waals surface area contributed by atoms with Crippen molar-refractivity contribution in [1.29, 1.82) is 0 Å². The average Bonchev–Trinajstić information content (AvgIpc) is 1.67. The fraction of sp³-hybridized carbons (Fsp3) is 0.0625. The lowest BCUT2D eigenvalue weighted by atomic mass is 9.34. The second kappa shape index (κ2) is 21.8. The van der Waals surface area contributed by atoms with Gasteiger partial charge >= 0.3 is 0 Å². The van der Waals surface area contributed by atoms with Crippen molar-refractivity contribution in [3.8, 4) is 101 Å². The molecule has 15 aromatic carbocycles. The van der Waals surface area contributed by atoms with E-state index in [0.717, 1.165) is 78.9 Å². The summed E-state index contributed by atoms with van der Waals surface area (Å²) in [6.45, 7) is 6.96. The van der Waals surface area contributed by atoms with E-state index in [-0.39, 0.29) is 12.1 Å². The lowest BCUT2D eigenvalue weighted by molar-refractivity contribution is 0.436. The van der Waals surface area contributed by atoms with Crippen LogP contribution >= 0.6 is 11.8 Å². The van der Waals surface area contributed by atoms with Gasteiger partial charge in [0.1, 0.15) is 23.0 Å². The van der Waals surface area contributed by atoms with Crippen LogP contribution in [0.25, 0.3) is 77.9 Å². The molecule has 2 spiro atoms. The Labute approximate surface area is 593 Å². The molecule has 0 radical (unpaired) electrons. The van der Waals surface area contributed by atoms with E-state index in [4.69, 9.17) is 9.47 Å². The van der Waals surface area contributed by atoms with E-state index in [1.807, 2.05) is 11.8 Å². The summed E-state index contributed by atoms with van der Waals surface area (Å²) in [6.07, 6.45) is 0. The van der Waals surface area contributed by atoms with Crippen LogP contribution in [0.3, 0.4) is 0 Å². The van der Waals surface area contributed by atoms with Gasteiger partial charge in [0, 0.05) is 54.5 Å². The molecule has 0 N–H and O–H groups in total. The second-order valence-corrected chi connectivity index (χ2v) is 29.9. The topological polar surface area (TPSA) is 21.7 Å². The number of hydrogen-bond donors (Lipinski definition) is 0. The first kappa shape index (κ1) is 58.1. The van der Waals surface area contributed by atoms with Crippen molar-refractivity contribution in [3.05, 3.63) is 384 Å². The largest absolute Gasteiger partial charge is 0.457 e. The molecule has 21 rings (SSSR count). The van der Waals surface area contributed by atoms with Crippen LogP contribution in [-0.2, 0) is 16.2 Å². The Balaban J connectivity index is 0.883. The van der Waals surface area contributed by atoms with E-state index >= 15 is 0 Å². The van der Waals surface area contributed by atoms with Gasteiger partial charge in [-0.05, 0) is 172 Å². The summed E-state index contributed by atoms with van der Waals surface area (Å²) >= 11 is 1.94. The molecule has 474 valence electrons. The average molecular weight is 1310 g/mol. The van der Waals surface area contributed by atoms with Crippen molar-refractivity contribution in [1.82, 2.24) is 0 Å². The summed E-state index contributed by atoms with van der Waals surface area (Å²) in [5.74, 6) is 3.44. The minimum Gasteiger partial charge on any atom is -0.457 e. The van der Waals surface area contributed by atoms with Gasteiger partial charge in [0.2, 0.25) is 6.71 Å². The smallest absolute Gasteiger partial charge is 0.249 e. The van der Waals surface area contributed by atoms with Crippen LogP contribution in [-0.4, -0.2) is 6.71 Å². The van der Waals surface area contributed by atoms with Crippen molar-refractivity contribution >= 4 is 51.9 Å². The van der Waals surface area contributed by atoms with Gasteiger partial charge in [0.05, 0.1) is 16.5 Å². The van der Waals surface area contributed by atoms with Crippen molar-refractivity contribution < 1.29 is 9.47 Å². The van der Waals surface area contributed by atoms with Crippen molar-refractivity contribution in [2.75, 3.05) is 4.90 Å². The molecule has 101 heavy (non-hydrogen) atoms. The summed E-state index contributed by atoms with van der Waals surface area (Å²) in [5, 5.41) is 0. The number of rotatable bonds is 6. The highest BCUT2D eigenvalue weighted by molar-refractivity contribution is 8.00. The Morgan fingerprint density at radius 1 is 0.297 bits per heavy atom. The Kier molecular flexibility index (Phi) is 12.5. The number of nitrogens with zero attached hydrogens (tertiary/aromatic N) is 1. The predicted octanol–water partition coefficient (Wildman–Crippen LogP) is 23.0. The van der Waals surface area contributed by atoms with Crippen molar-refractivity contribution in [2.45, 2.75) is 46.8 Å². The van der Waals surface area contributed by atoms with Gasteiger partial charge in [-0.25, -0.2) is 0 Å². The Morgan fingerprint density at radius 3 is 1.22 bits per heavy atom. The maximum atomic E-state index is 7.21. The molecule has 5 heteroatoms. The number of fused-ring (bicyclic) bond motifs is 22. The molecule has 0 saturated carbocycles. The summed E-state index contributed by atoms with van der Waals surface area (Å²) in [4.78, 5) is 5.26. The molecule has 0 fully saturated rings. The monoisotopic (exact) mass is 1310 g/mol. The molecular weight excluding hydrogens is 1240 g/mol. The molecule has 0 saturated heterocycles. The first-order chi connectivity index (χ1) is 49.7. The Bertz CT molecular complexity index is 5700. The third kappa shape index (κ3) is 8.27. The van der Waals surface area contributed by atoms with Gasteiger partial charge in [0.25, 0.3) is 0 Å². The van der Waals surface area contributed by atoms with Crippen LogP contribution in [0.4, 0.5) is 17.1 Å². The van der Waals surface area contributed by atoms with Gasteiger partial charge in [-0.1, -0.05) is 311 Å². The minimum absolute atomic E-state index is 0.159. The van der Waals surface area contributed by atoms with Crippen LogP contribution in [0, 0.1) is 0 Å². The first-order valence-corrected chi connectivity index (χ1v) is 36.0. The number of benzene rings is 15. The molecule has 0 bridgehead atoms. The lowest BCUT2D eigenvalue weighted by Crippen LogP contribution is -2.60. The fourth-order valence-electron chi connectivity index (χ4n) is 18.3. The predicted molar refractivity (Wildman–Crippen MR) is 417 cm³/mol. The van der Waals surface area contributed by atoms with E-state index < -0.39 is 10.8 Å². The Hall–Kier alpha value is -11.9. The van der Waals surface area contributed by atoms with Crippen LogP contribution in [0.5, 0.6) is 23.0 Å². The summed E-state index contributed by atoms with van der Waals surface area (Å²) in [5.41, 5.74) is 32.9. The number of para-hydroxylation sites is 3. The van der Waals surface area contributed by atoms with Crippen LogP contribution in [0.1, 0.15) is 70.8 Å². The molecule has 0 aromatic heterocycles. The number of ether oxygens (including phenoxy) is 2. The van der Waals surface area contributed by atoms with E-state index in [1.165, 1.54) is 115 Å². The van der Waals surface area contributed by atoms with E-state index in [9.17, 15) is 0 Å². The van der Waals surface area contributed by atoms with Gasteiger partial charge < -0.3 is 14.4 Å². The third-order valence-corrected chi connectivity index (χ3v) is 23.8. The molecule has 2 aliphatic carbocycles. The number of hydrogen-bond acceptors (Lipinski definition) is 4. The van der Waals surface area contributed by atoms with E-state index in [0.29, 0.717) is 0 Å². The van der Waals surface area contributed by atoms with E-state index in [1.54, 1.807) is 0 Å². The van der Waals surface area contributed by atoms with Crippen LogP contribution < -0.4 is 30.8 Å². The zero-order valence-corrected chi connectivity index (χ0v) is 56.8. The molecule has 6 aliphatic rings. The van der Waals surface area contributed by atoms with Crippen molar-refractivity contribution in [2.24, 2.45) is 0 Å². The maximum absolute atomic E-state index is 7.21. The molecule has 3 nitrogen and oxygen atoms in total. The molecule has 0 amide bonds. The standard InChI is InChI=1S/C96H64BNO2S/c1-94(2,3)66-57-85-91-90(58-66)101-93-73(61-30-11-6-12-31-61)52-65(60-28-9-5-10-29-60)56-83(93)97(91)82-55-62(59-26-7-4-8-27-59)46-49-84(82)98(85)92-67(63-47-50-88-80(53-63)95(78-42-21-23-44-86(78)99-88)74-38-17-13-32-69(74)70-33-14-18-39-75(70)95)36-25-37-68(92)64-48-51-89-81(54-64)96(79-43-22-24-45-87(79)100-89)76-40-19-15-34-71(76)72-35-16-20-41-77(72)96/h4-58H,1-3H3. The second-order valence-electron chi connectivity index (χ2n) is 28.8. The highest BCUT2D eigenvalue weighted by atomic mass is 32.2. The minimum atomic E-state index is -0.692. The molecule has 4 heterocycles. The zero-order chi connectivity index (χ0) is 66.9. The van der Waals surface area contributed by atoms with Gasteiger partial charge in [-0.15, -0.1) is 0 Å². The third-order valence-electron chi connectivity index (χ3n) is 22.6. The molecule has 0 atom stereocenters. The van der Waals surface area contributed by atoms with Crippen LogP contribution in [0.2, 0.25) is 0 Å². The molecule has 15 aromatic rings. The zero-order valence-electron chi connectivity index (χ0n) is 56.0. The van der Waals surface area contributed by atoms with Crippen molar-refractivity contribution in [3.63, 3.8) is 0 Å². The molecule has 4 aliphatic heterocycles. The van der Waals surface area contributed by atoms with Crippen LogP contribution in [0.15, 0.2) is 343 Å². The molecular formula is C96H64BNO2S. The first-order valence-electron chi connectivity index (χ1n) is 35.2. The SMILES string of the molecule is CC(C)(C)c1cc2c3c(c1)N(c1c(-c4ccc5c(c4)C4(c6ccccc6O5)c5ccccc5-c5ccccc54)cccc1-c1ccc4c(c1)C1(c5ccccc5O4)c4ccccc4-c4ccccc41)c1ccc(-c4ccccc4)cc1B3c1cc(-c3ccccc3)cc(-c3ccccc3)c1S2. The quantitative estimate of drug-likeness (QED) is 0.155. The van der Waals surface area contributed by atoms with Gasteiger partial charge in [-0.3, -0.25) is 0 Å². The Morgan fingerprint density at radius 2 is 0.713 bits per heavy atom. The van der Waals surface area contributed by atoms with E-state index in [2.05, 4.69) is 359 Å². The highest BCUT2D eigenvalue weighted by Crippen LogP contribution is 2.65. The summed E-state index contributed by atoms with van der Waals surface area (Å²) in [6, 6.07) is 125. The normalized spacial score (nSPS) is 14.3. The highest BCUT2D eigenvalue weighted by Gasteiger charge is 2.54. The molecule has 0 unspecified atom stereocenters. The maximum Gasteiger partial charge on any atom is 0.249 e.